The summed E-state index contributed by atoms with van der Waals surface area (Å²) in [4.78, 5) is 4.20. The monoisotopic (exact) mass is 226 g/mol. The largest absolute Gasteiger partial charge is 0.260 e. The summed E-state index contributed by atoms with van der Waals surface area (Å²) in [6.45, 7) is 0. The summed E-state index contributed by atoms with van der Waals surface area (Å²) in [5, 5.41) is -0.479. The molecule has 82 valence electrons. The first kappa shape index (κ1) is 10.6. The summed E-state index contributed by atoms with van der Waals surface area (Å²) in [7, 11) is -1.80. The molecule has 0 bridgehead atoms. The number of pyridine rings is 1. The molecule has 0 aliphatic heterocycles. The molecule has 0 aromatic carbocycles. The molecule has 15 heavy (non-hydrogen) atoms. The highest BCUT2D eigenvalue weighted by Crippen LogP contribution is 2.32. The fraction of sp³-hybridized carbons (Fsp3) is 0.500. The molecule has 4 nitrogen and oxygen atoms in total. The Kier molecular flexibility index (Phi) is 2.75. The van der Waals surface area contributed by atoms with E-state index in [0.29, 0.717) is 6.42 Å². The van der Waals surface area contributed by atoms with Crippen LogP contribution < -0.4 is 4.72 Å². The zero-order valence-corrected chi connectivity index (χ0v) is 9.42. The predicted molar refractivity (Wildman–Crippen MR) is 57.9 cm³/mol. The zero-order chi connectivity index (χ0) is 10.9. The van der Waals surface area contributed by atoms with Gasteiger partial charge in [0.1, 0.15) is 5.25 Å². The van der Waals surface area contributed by atoms with Crippen molar-refractivity contribution in [2.24, 2.45) is 0 Å². The second-order valence-corrected chi connectivity index (χ2v) is 5.75. The third-order valence-corrected chi connectivity index (χ3v) is 4.58. The average molecular weight is 226 g/mol. The molecular weight excluding hydrogens is 212 g/mol. The maximum atomic E-state index is 11.8. The first-order chi connectivity index (χ1) is 7.15. The number of hydrogen-bond donors (Lipinski definition) is 1. The SMILES string of the molecule is CNS(=O)(=O)C1CCCc2cccnc21. The van der Waals surface area contributed by atoms with Gasteiger partial charge in [-0.3, -0.25) is 4.98 Å². The van der Waals surface area contributed by atoms with E-state index in [2.05, 4.69) is 9.71 Å². The number of sulfonamides is 1. The Hall–Kier alpha value is -0.940. The van der Waals surface area contributed by atoms with Crippen molar-refractivity contribution < 1.29 is 8.42 Å². The Morgan fingerprint density at radius 3 is 3.07 bits per heavy atom. The Morgan fingerprint density at radius 2 is 2.33 bits per heavy atom. The quantitative estimate of drug-likeness (QED) is 0.818. The van der Waals surface area contributed by atoms with E-state index in [4.69, 9.17) is 0 Å². The minimum absolute atomic E-state index is 0.479. The average Bonchev–Trinajstić information content (AvgIpc) is 2.28. The van der Waals surface area contributed by atoms with Crippen LogP contribution in [0.3, 0.4) is 0 Å². The fourth-order valence-electron chi connectivity index (χ4n) is 2.01. The molecule has 1 atom stereocenters. The van der Waals surface area contributed by atoms with Crippen LogP contribution in [-0.2, 0) is 16.4 Å². The number of aryl methyl sites for hydroxylation is 1. The van der Waals surface area contributed by atoms with Gasteiger partial charge in [0, 0.05) is 6.20 Å². The molecule has 0 amide bonds. The van der Waals surface area contributed by atoms with Crippen molar-refractivity contribution in [3.63, 3.8) is 0 Å². The normalized spacial score (nSPS) is 21.0. The van der Waals surface area contributed by atoms with E-state index in [1.165, 1.54) is 7.05 Å². The van der Waals surface area contributed by atoms with Crippen molar-refractivity contribution in [1.82, 2.24) is 9.71 Å². The molecule has 1 heterocycles. The molecule has 2 rings (SSSR count). The van der Waals surface area contributed by atoms with Crippen LogP contribution in [0.4, 0.5) is 0 Å². The molecule has 1 aromatic heterocycles. The van der Waals surface area contributed by atoms with Crippen LogP contribution in [0.2, 0.25) is 0 Å². The molecule has 0 saturated carbocycles. The highest BCUT2D eigenvalue weighted by atomic mass is 32.2. The summed E-state index contributed by atoms with van der Waals surface area (Å²) in [6.07, 6.45) is 4.15. The molecule has 1 aromatic rings. The van der Waals surface area contributed by atoms with Gasteiger partial charge in [-0.15, -0.1) is 0 Å². The molecule has 0 spiro atoms. The Bertz CT molecular complexity index is 456. The van der Waals surface area contributed by atoms with Crippen molar-refractivity contribution in [3.8, 4) is 0 Å². The van der Waals surface area contributed by atoms with Crippen molar-refractivity contribution in [2.75, 3.05) is 7.05 Å². The van der Waals surface area contributed by atoms with Crippen LogP contribution >= 0.6 is 0 Å². The Labute approximate surface area is 89.8 Å². The van der Waals surface area contributed by atoms with E-state index in [-0.39, 0.29) is 0 Å². The Morgan fingerprint density at radius 1 is 1.53 bits per heavy atom. The van der Waals surface area contributed by atoms with Gasteiger partial charge in [-0.2, -0.15) is 0 Å². The van der Waals surface area contributed by atoms with E-state index in [1.54, 1.807) is 6.20 Å². The second kappa shape index (κ2) is 3.90. The van der Waals surface area contributed by atoms with Gasteiger partial charge in [-0.05, 0) is 37.9 Å². The predicted octanol–water partition coefficient (Wildman–Crippen LogP) is 1.01. The van der Waals surface area contributed by atoms with Crippen LogP contribution in [0.1, 0.15) is 29.3 Å². The number of nitrogens with one attached hydrogen (secondary N) is 1. The smallest absolute Gasteiger partial charge is 0.219 e. The van der Waals surface area contributed by atoms with E-state index in [0.717, 1.165) is 24.1 Å². The maximum Gasteiger partial charge on any atom is 0.219 e. The number of hydrogen-bond acceptors (Lipinski definition) is 3. The second-order valence-electron chi connectivity index (χ2n) is 3.68. The van der Waals surface area contributed by atoms with Crippen molar-refractivity contribution in [3.05, 3.63) is 29.6 Å². The highest BCUT2D eigenvalue weighted by molar-refractivity contribution is 7.89. The van der Waals surface area contributed by atoms with Gasteiger partial charge < -0.3 is 0 Å². The molecule has 5 heteroatoms. The van der Waals surface area contributed by atoms with Gasteiger partial charge in [0.05, 0.1) is 5.69 Å². The van der Waals surface area contributed by atoms with Gasteiger partial charge >= 0.3 is 0 Å². The summed E-state index contributed by atoms with van der Waals surface area (Å²) in [5.74, 6) is 0. The number of rotatable bonds is 2. The number of fused-ring (bicyclic) bond motifs is 1. The van der Waals surface area contributed by atoms with Gasteiger partial charge in [0.15, 0.2) is 0 Å². The van der Waals surface area contributed by atoms with Crippen molar-refractivity contribution in [2.45, 2.75) is 24.5 Å². The summed E-state index contributed by atoms with van der Waals surface area (Å²) >= 11 is 0. The number of aromatic nitrogens is 1. The van der Waals surface area contributed by atoms with Gasteiger partial charge in [0.2, 0.25) is 10.0 Å². The molecule has 0 radical (unpaired) electrons. The summed E-state index contributed by atoms with van der Waals surface area (Å²) in [5.41, 5.74) is 1.78. The Balaban J connectivity index is 2.47. The minimum Gasteiger partial charge on any atom is -0.260 e. The lowest BCUT2D eigenvalue weighted by molar-refractivity contribution is 0.547. The summed E-state index contributed by atoms with van der Waals surface area (Å²) in [6, 6.07) is 3.81. The molecule has 1 aliphatic carbocycles. The highest BCUT2D eigenvalue weighted by Gasteiger charge is 2.31. The molecular formula is C10H14N2O2S. The third kappa shape index (κ3) is 1.89. The fourth-order valence-corrected chi connectivity index (χ4v) is 3.28. The van der Waals surface area contributed by atoms with E-state index in [1.807, 2.05) is 12.1 Å². The first-order valence-electron chi connectivity index (χ1n) is 5.01. The third-order valence-electron chi connectivity index (χ3n) is 2.80. The zero-order valence-electron chi connectivity index (χ0n) is 8.60. The van der Waals surface area contributed by atoms with Crippen LogP contribution in [0.15, 0.2) is 18.3 Å². The van der Waals surface area contributed by atoms with E-state index < -0.39 is 15.3 Å². The van der Waals surface area contributed by atoms with Crippen LogP contribution in [-0.4, -0.2) is 20.4 Å². The lowest BCUT2D eigenvalue weighted by Gasteiger charge is -2.23. The lowest BCUT2D eigenvalue weighted by atomic mass is 9.96. The van der Waals surface area contributed by atoms with E-state index in [9.17, 15) is 8.42 Å². The topological polar surface area (TPSA) is 59.1 Å². The van der Waals surface area contributed by atoms with Crippen LogP contribution in [0.5, 0.6) is 0 Å². The van der Waals surface area contributed by atoms with Crippen LogP contribution in [0.25, 0.3) is 0 Å². The lowest BCUT2D eigenvalue weighted by Crippen LogP contribution is -2.29. The standard InChI is InChI=1S/C10H14N2O2S/c1-11-15(13,14)9-6-2-4-8-5-3-7-12-10(8)9/h3,5,7,9,11H,2,4,6H2,1H3. The number of nitrogens with zero attached hydrogens (tertiary/aromatic N) is 1. The van der Waals surface area contributed by atoms with E-state index >= 15 is 0 Å². The molecule has 0 fully saturated rings. The van der Waals surface area contributed by atoms with Crippen molar-refractivity contribution in [1.29, 1.82) is 0 Å². The minimum atomic E-state index is -3.25. The molecule has 1 N–H and O–H groups in total. The van der Waals surface area contributed by atoms with Crippen molar-refractivity contribution >= 4 is 10.0 Å². The van der Waals surface area contributed by atoms with Gasteiger partial charge in [-0.25, -0.2) is 13.1 Å². The molecule has 1 aliphatic rings. The first-order valence-corrected chi connectivity index (χ1v) is 6.56. The van der Waals surface area contributed by atoms with Gasteiger partial charge in [0.25, 0.3) is 0 Å². The maximum absolute atomic E-state index is 11.8. The molecule has 1 unspecified atom stereocenters. The van der Waals surface area contributed by atoms with Gasteiger partial charge in [-0.1, -0.05) is 6.07 Å². The van der Waals surface area contributed by atoms with Crippen LogP contribution in [0, 0.1) is 0 Å². The molecule has 0 saturated heterocycles. The summed E-state index contributed by atoms with van der Waals surface area (Å²) < 4.78 is 25.9.